The van der Waals surface area contributed by atoms with Gasteiger partial charge in [0.05, 0.1) is 48.0 Å². The molecule has 2 aromatic carbocycles. The molecule has 0 radical (unpaired) electrons. The van der Waals surface area contributed by atoms with E-state index in [-0.39, 0.29) is 35.9 Å². The second-order valence-electron chi connectivity index (χ2n) is 9.75. The molecule has 0 aliphatic carbocycles. The highest BCUT2D eigenvalue weighted by Crippen LogP contribution is 2.35. The second kappa shape index (κ2) is 12.7. The molecule has 5 aromatic rings. The zero-order valence-electron chi connectivity index (χ0n) is 23.5. The van der Waals surface area contributed by atoms with Gasteiger partial charge in [-0.25, -0.2) is 5.01 Å². The van der Waals surface area contributed by atoms with Crippen molar-refractivity contribution in [2.75, 3.05) is 12.9 Å². The number of rotatable bonds is 10. The number of benzene rings is 2. The number of thiophene rings is 1. The third-order valence-corrected chi connectivity index (χ3v) is 8.77. The molecular formula is C31H28N6O4S2. The number of methoxy groups -OCH3 is 1. The Morgan fingerprint density at radius 1 is 1.07 bits per heavy atom. The van der Waals surface area contributed by atoms with Crippen LogP contribution in [0.15, 0.2) is 99.1 Å². The number of carbonyl (C=O) groups excluding carboxylic acids is 2. The molecule has 3 aromatic heterocycles. The maximum atomic E-state index is 13.8. The summed E-state index contributed by atoms with van der Waals surface area (Å²) >= 11 is 2.86. The average molecular weight is 613 g/mol. The molecule has 43 heavy (non-hydrogen) atoms. The summed E-state index contributed by atoms with van der Waals surface area (Å²) < 4.78 is 12.6. The number of thioether (sulfide) groups is 1. The van der Waals surface area contributed by atoms with E-state index in [2.05, 4.69) is 39.8 Å². The van der Waals surface area contributed by atoms with Gasteiger partial charge in [-0.05, 0) is 48.2 Å². The zero-order valence-corrected chi connectivity index (χ0v) is 25.1. The van der Waals surface area contributed by atoms with Crippen LogP contribution in [0.25, 0.3) is 5.69 Å². The summed E-state index contributed by atoms with van der Waals surface area (Å²) in [5.74, 6) is 0.813. The molecule has 1 aliphatic rings. The van der Waals surface area contributed by atoms with Crippen molar-refractivity contribution in [2.24, 2.45) is 5.10 Å². The van der Waals surface area contributed by atoms with Crippen LogP contribution < -0.4 is 10.1 Å². The summed E-state index contributed by atoms with van der Waals surface area (Å²) in [7, 11) is 1.58. The molecule has 4 heterocycles. The molecule has 1 atom stereocenters. The summed E-state index contributed by atoms with van der Waals surface area (Å²) in [6.07, 6.45) is 2.08. The van der Waals surface area contributed by atoms with E-state index >= 15 is 0 Å². The summed E-state index contributed by atoms with van der Waals surface area (Å²) in [5.41, 5.74) is 3.77. The first-order valence-electron chi connectivity index (χ1n) is 13.5. The van der Waals surface area contributed by atoms with Gasteiger partial charge in [0.25, 0.3) is 11.8 Å². The number of ether oxygens (including phenoxy) is 1. The van der Waals surface area contributed by atoms with Crippen molar-refractivity contribution in [3.8, 4) is 11.4 Å². The standard InChI is InChI=1S/C31H28N6O4S2/c1-20-11-13-21(14-12-20)24-17-22(27-10-6-16-42-27)35-37(24)29(38)19-43-31-34-33-28(18-32-30(39)26-9-5-15-41-26)36(31)23-7-3-4-8-25(23)40-2/h3-16,24H,17-19H2,1-2H3,(H,32,39)/t24-/m0/s1. The third kappa shape index (κ3) is 6.11. The van der Waals surface area contributed by atoms with E-state index < -0.39 is 0 Å². The lowest BCUT2D eigenvalue weighted by atomic mass is 10.00. The van der Waals surface area contributed by atoms with E-state index in [9.17, 15) is 9.59 Å². The molecule has 10 nitrogen and oxygen atoms in total. The Morgan fingerprint density at radius 3 is 2.65 bits per heavy atom. The molecule has 0 fully saturated rings. The minimum absolute atomic E-state index is 0.0785. The fraction of sp³-hybridized carbons (Fsp3) is 0.194. The first kappa shape index (κ1) is 28.4. The predicted molar refractivity (Wildman–Crippen MR) is 165 cm³/mol. The largest absolute Gasteiger partial charge is 0.495 e. The number of aromatic nitrogens is 3. The van der Waals surface area contributed by atoms with Crippen molar-refractivity contribution in [3.05, 3.63) is 112 Å². The molecule has 0 saturated heterocycles. The number of nitrogens with one attached hydrogen (secondary N) is 1. The van der Waals surface area contributed by atoms with E-state index in [1.165, 1.54) is 18.0 Å². The lowest BCUT2D eigenvalue weighted by molar-refractivity contribution is -0.130. The normalized spacial score (nSPS) is 14.5. The minimum Gasteiger partial charge on any atom is -0.495 e. The van der Waals surface area contributed by atoms with Crippen LogP contribution in [0.5, 0.6) is 5.75 Å². The van der Waals surface area contributed by atoms with Gasteiger partial charge >= 0.3 is 0 Å². The molecule has 12 heteroatoms. The molecule has 0 spiro atoms. The highest BCUT2D eigenvalue weighted by Gasteiger charge is 2.33. The van der Waals surface area contributed by atoms with Crippen molar-refractivity contribution in [3.63, 3.8) is 0 Å². The number of carbonyl (C=O) groups is 2. The summed E-state index contributed by atoms with van der Waals surface area (Å²) in [5, 5.41) is 20.4. The fourth-order valence-electron chi connectivity index (χ4n) is 4.79. The molecule has 0 bridgehead atoms. The SMILES string of the molecule is COc1ccccc1-n1c(CNC(=O)c2ccco2)nnc1SCC(=O)N1N=C(c2cccs2)C[C@H]1c1ccc(C)cc1. The number of para-hydroxylation sites is 2. The number of hydrogen-bond donors (Lipinski definition) is 1. The maximum Gasteiger partial charge on any atom is 0.287 e. The smallest absolute Gasteiger partial charge is 0.287 e. The van der Waals surface area contributed by atoms with Crippen LogP contribution >= 0.6 is 23.1 Å². The van der Waals surface area contributed by atoms with E-state index in [0.29, 0.717) is 28.8 Å². The zero-order chi connectivity index (χ0) is 29.8. The Labute approximate surface area is 256 Å². The van der Waals surface area contributed by atoms with Crippen LogP contribution in [0.4, 0.5) is 0 Å². The second-order valence-corrected chi connectivity index (χ2v) is 11.6. The van der Waals surface area contributed by atoms with Gasteiger partial charge in [-0.15, -0.1) is 21.5 Å². The monoisotopic (exact) mass is 612 g/mol. The van der Waals surface area contributed by atoms with Gasteiger partial charge in [0, 0.05) is 6.42 Å². The van der Waals surface area contributed by atoms with Crippen molar-refractivity contribution < 1.29 is 18.7 Å². The fourth-order valence-corrected chi connectivity index (χ4v) is 6.33. The van der Waals surface area contributed by atoms with Gasteiger partial charge in [-0.3, -0.25) is 14.2 Å². The Hall–Kier alpha value is -4.68. The van der Waals surface area contributed by atoms with Crippen LogP contribution in [0.1, 0.15) is 44.8 Å². The van der Waals surface area contributed by atoms with Gasteiger partial charge in [-0.2, -0.15) is 5.10 Å². The number of hydrogen-bond acceptors (Lipinski definition) is 9. The molecule has 0 saturated carbocycles. The Kier molecular flexibility index (Phi) is 8.38. The minimum atomic E-state index is -0.375. The van der Waals surface area contributed by atoms with Gasteiger partial charge in [-0.1, -0.05) is 59.8 Å². The van der Waals surface area contributed by atoms with Gasteiger partial charge in [0.1, 0.15) is 5.75 Å². The predicted octanol–water partition coefficient (Wildman–Crippen LogP) is 5.64. The topological polar surface area (TPSA) is 115 Å². The Bertz CT molecular complexity index is 1750. The van der Waals surface area contributed by atoms with E-state index in [0.717, 1.165) is 21.7 Å². The van der Waals surface area contributed by atoms with Crippen molar-refractivity contribution >= 4 is 40.6 Å². The number of nitrogens with zero attached hydrogens (tertiary/aromatic N) is 5. The number of furan rings is 1. The van der Waals surface area contributed by atoms with Crippen molar-refractivity contribution in [1.29, 1.82) is 0 Å². The first-order valence-corrected chi connectivity index (χ1v) is 15.4. The van der Waals surface area contributed by atoms with Crippen LogP contribution in [-0.2, 0) is 11.3 Å². The summed E-state index contributed by atoms with van der Waals surface area (Å²) in [4.78, 5) is 27.4. The van der Waals surface area contributed by atoms with Crippen molar-refractivity contribution in [1.82, 2.24) is 25.1 Å². The van der Waals surface area contributed by atoms with E-state index in [1.54, 1.807) is 40.2 Å². The summed E-state index contributed by atoms with van der Waals surface area (Å²) in [6.45, 7) is 2.12. The van der Waals surface area contributed by atoms with Crippen LogP contribution in [0, 0.1) is 6.92 Å². The molecule has 218 valence electrons. The lowest BCUT2D eigenvalue weighted by Gasteiger charge is -2.22. The summed E-state index contributed by atoms with van der Waals surface area (Å²) in [6, 6.07) is 22.7. The quantitative estimate of drug-likeness (QED) is 0.203. The highest BCUT2D eigenvalue weighted by molar-refractivity contribution is 7.99. The first-order chi connectivity index (χ1) is 21.0. The molecular weight excluding hydrogens is 585 g/mol. The molecule has 2 amide bonds. The highest BCUT2D eigenvalue weighted by atomic mass is 32.2. The molecule has 0 unspecified atom stereocenters. The van der Waals surface area contributed by atoms with E-state index in [1.807, 2.05) is 48.7 Å². The molecule has 6 rings (SSSR count). The number of hydrazone groups is 1. The third-order valence-electron chi connectivity index (χ3n) is 6.94. The molecule has 1 N–H and O–H groups in total. The average Bonchev–Trinajstić information content (AvgIpc) is 3.85. The van der Waals surface area contributed by atoms with E-state index in [4.69, 9.17) is 14.3 Å². The molecule has 1 aliphatic heterocycles. The lowest BCUT2D eigenvalue weighted by Crippen LogP contribution is -2.28. The van der Waals surface area contributed by atoms with Gasteiger partial charge in [0.2, 0.25) is 0 Å². The van der Waals surface area contributed by atoms with Crippen LogP contribution in [-0.4, -0.2) is 50.2 Å². The Morgan fingerprint density at radius 2 is 1.91 bits per heavy atom. The number of aryl methyl sites for hydroxylation is 1. The van der Waals surface area contributed by atoms with Crippen molar-refractivity contribution in [2.45, 2.75) is 31.1 Å². The van der Waals surface area contributed by atoms with Crippen LogP contribution in [0.3, 0.4) is 0 Å². The maximum absolute atomic E-state index is 13.8. The number of amides is 2. The van der Waals surface area contributed by atoms with Crippen LogP contribution in [0.2, 0.25) is 0 Å². The Balaban J connectivity index is 1.26. The van der Waals surface area contributed by atoms with Gasteiger partial charge in [0.15, 0.2) is 16.7 Å². The van der Waals surface area contributed by atoms with Gasteiger partial charge < -0.3 is 14.5 Å².